The molecule has 5 nitrogen and oxygen atoms in total. The fourth-order valence-electron chi connectivity index (χ4n) is 1.91. The number of hydrogen-bond acceptors (Lipinski definition) is 3. The Kier molecular flexibility index (Phi) is 2.16. The number of aromatic amines is 1. The molecule has 0 aliphatic rings. The second-order valence-corrected chi connectivity index (χ2v) is 3.74. The number of aromatic carboxylic acids is 1. The number of aromatic nitrogens is 2. The molecule has 3 rings (SSSR count). The van der Waals surface area contributed by atoms with Crippen molar-refractivity contribution in [1.29, 1.82) is 0 Å². The lowest BCUT2D eigenvalue weighted by Gasteiger charge is -1.97. The predicted molar refractivity (Wildman–Crippen MR) is 60.7 cm³/mol. The molecule has 6 heteroatoms. The van der Waals surface area contributed by atoms with Crippen molar-refractivity contribution < 1.29 is 18.8 Å². The first-order valence-corrected chi connectivity index (χ1v) is 5.12. The summed E-state index contributed by atoms with van der Waals surface area (Å²) in [6.07, 6.45) is 2.60. The average molecular weight is 246 g/mol. The number of hydrogen-bond donors (Lipinski definition) is 2. The van der Waals surface area contributed by atoms with Crippen LogP contribution in [0.3, 0.4) is 0 Å². The van der Waals surface area contributed by atoms with E-state index in [9.17, 15) is 9.18 Å². The summed E-state index contributed by atoms with van der Waals surface area (Å²) >= 11 is 0. The molecule has 1 aromatic carbocycles. The third-order valence-corrected chi connectivity index (χ3v) is 2.70. The van der Waals surface area contributed by atoms with E-state index < -0.39 is 11.8 Å². The smallest absolute Gasteiger partial charge is 0.341 e. The SMILES string of the molecule is O=C(O)c1cnoc1-c1c[nH]c2cccc(F)c12. The van der Waals surface area contributed by atoms with E-state index in [0.29, 0.717) is 11.1 Å². The topological polar surface area (TPSA) is 79.1 Å². The Balaban J connectivity index is 2.32. The van der Waals surface area contributed by atoms with Crippen molar-refractivity contribution in [2.75, 3.05) is 0 Å². The largest absolute Gasteiger partial charge is 0.477 e. The predicted octanol–water partition coefficient (Wildman–Crippen LogP) is 2.66. The van der Waals surface area contributed by atoms with Crippen molar-refractivity contribution >= 4 is 16.9 Å². The average Bonchev–Trinajstić information content (AvgIpc) is 2.94. The Morgan fingerprint density at radius 2 is 2.28 bits per heavy atom. The summed E-state index contributed by atoms with van der Waals surface area (Å²) < 4.78 is 18.7. The number of benzene rings is 1. The normalized spacial score (nSPS) is 10.9. The van der Waals surface area contributed by atoms with Crippen molar-refractivity contribution in [1.82, 2.24) is 10.1 Å². The van der Waals surface area contributed by atoms with Crippen molar-refractivity contribution in [3.8, 4) is 11.3 Å². The monoisotopic (exact) mass is 246 g/mol. The number of nitrogens with zero attached hydrogens (tertiary/aromatic N) is 1. The van der Waals surface area contributed by atoms with Gasteiger partial charge in [-0.3, -0.25) is 0 Å². The van der Waals surface area contributed by atoms with Gasteiger partial charge in [-0.2, -0.15) is 0 Å². The van der Waals surface area contributed by atoms with E-state index in [1.165, 1.54) is 12.3 Å². The molecule has 2 heterocycles. The van der Waals surface area contributed by atoms with E-state index in [0.717, 1.165) is 6.20 Å². The van der Waals surface area contributed by atoms with E-state index in [4.69, 9.17) is 9.63 Å². The van der Waals surface area contributed by atoms with Gasteiger partial charge in [0.1, 0.15) is 11.4 Å². The number of fused-ring (bicyclic) bond motifs is 1. The zero-order chi connectivity index (χ0) is 12.7. The number of carboxylic acid groups (broad SMARTS) is 1. The third-order valence-electron chi connectivity index (χ3n) is 2.70. The zero-order valence-corrected chi connectivity index (χ0v) is 8.98. The Hall–Kier alpha value is -2.63. The van der Waals surface area contributed by atoms with Crippen molar-refractivity contribution in [3.05, 3.63) is 42.0 Å². The molecule has 0 unspecified atom stereocenters. The lowest BCUT2D eigenvalue weighted by Crippen LogP contribution is -1.95. The summed E-state index contributed by atoms with van der Waals surface area (Å²) in [5.74, 6) is -1.58. The van der Waals surface area contributed by atoms with E-state index in [1.54, 1.807) is 12.1 Å². The van der Waals surface area contributed by atoms with Crippen molar-refractivity contribution in [3.63, 3.8) is 0 Å². The summed E-state index contributed by atoms with van der Waals surface area (Å²) in [5.41, 5.74) is 0.815. The summed E-state index contributed by atoms with van der Waals surface area (Å²) in [4.78, 5) is 13.9. The van der Waals surface area contributed by atoms with Crippen LogP contribution in [0, 0.1) is 5.82 Å². The highest BCUT2D eigenvalue weighted by atomic mass is 19.1. The Morgan fingerprint density at radius 1 is 1.44 bits per heavy atom. The van der Waals surface area contributed by atoms with Gasteiger partial charge in [-0.25, -0.2) is 9.18 Å². The maximum absolute atomic E-state index is 13.8. The molecule has 0 saturated carbocycles. The number of H-pyrrole nitrogens is 1. The van der Waals surface area contributed by atoms with Crippen LogP contribution in [0.25, 0.3) is 22.2 Å². The fourth-order valence-corrected chi connectivity index (χ4v) is 1.91. The van der Waals surface area contributed by atoms with E-state index in [-0.39, 0.29) is 16.7 Å². The molecule has 2 aromatic heterocycles. The maximum Gasteiger partial charge on any atom is 0.341 e. The molecule has 3 aromatic rings. The molecule has 0 bridgehead atoms. The van der Waals surface area contributed by atoms with Gasteiger partial charge in [0.15, 0.2) is 5.76 Å². The molecule has 0 radical (unpaired) electrons. The number of carboxylic acids is 1. The number of carbonyl (C=O) groups is 1. The number of rotatable bonds is 2. The number of nitrogens with one attached hydrogen (secondary N) is 1. The minimum atomic E-state index is -1.17. The van der Waals surface area contributed by atoms with Gasteiger partial charge in [0.2, 0.25) is 0 Å². The van der Waals surface area contributed by atoms with Gasteiger partial charge in [-0.05, 0) is 12.1 Å². The van der Waals surface area contributed by atoms with Gasteiger partial charge in [0.25, 0.3) is 0 Å². The van der Waals surface area contributed by atoms with Crippen LogP contribution in [-0.2, 0) is 0 Å². The lowest BCUT2D eigenvalue weighted by atomic mass is 10.1. The maximum atomic E-state index is 13.8. The molecule has 0 amide bonds. The van der Waals surface area contributed by atoms with Crippen LogP contribution in [0.5, 0.6) is 0 Å². The molecule has 0 fully saturated rings. The minimum absolute atomic E-state index is 0.0406. The Labute approximate surface area is 99.8 Å². The van der Waals surface area contributed by atoms with Gasteiger partial charge in [-0.15, -0.1) is 0 Å². The minimum Gasteiger partial charge on any atom is -0.477 e. The van der Waals surface area contributed by atoms with Crippen molar-refractivity contribution in [2.45, 2.75) is 0 Å². The van der Waals surface area contributed by atoms with Crippen molar-refractivity contribution in [2.24, 2.45) is 0 Å². The lowest BCUT2D eigenvalue weighted by molar-refractivity contribution is 0.0697. The molecular formula is C12H7FN2O3. The van der Waals surface area contributed by atoms with Gasteiger partial charge in [0.05, 0.1) is 6.20 Å². The van der Waals surface area contributed by atoms with E-state index in [1.807, 2.05) is 0 Å². The Bertz CT molecular complexity index is 745. The summed E-state index contributed by atoms with van der Waals surface area (Å²) in [5, 5.41) is 12.7. The quantitative estimate of drug-likeness (QED) is 0.728. The molecule has 0 aliphatic carbocycles. The van der Waals surface area contributed by atoms with Crippen LogP contribution in [0.1, 0.15) is 10.4 Å². The first-order valence-electron chi connectivity index (χ1n) is 5.12. The number of halogens is 1. The second-order valence-electron chi connectivity index (χ2n) is 3.74. The third kappa shape index (κ3) is 1.39. The summed E-state index contributed by atoms with van der Waals surface area (Å²) in [6.45, 7) is 0. The molecule has 90 valence electrons. The van der Waals surface area contributed by atoms with Crippen LogP contribution >= 0.6 is 0 Å². The van der Waals surface area contributed by atoms with Gasteiger partial charge >= 0.3 is 5.97 Å². The first kappa shape index (κ1) is 10.5. The second kappa shape index (κ2) is 3.69. The molecule has 0 atom stereocenters. The molecular weight excluding hydrogens is 239 g/mol. The highest BCUT2D eigenvalue weighted by Crippen LogP contribution is 2.32. The highest BCUT2D eigenvalue weighted by Gasteiger charge is 2.21. The van der Waals surface area contributed by atoms with Gasteiger partial charge in [0, 0.05) is 22.7 Å². The van der Waals surface area contributed by atoms with Crippen LogP contribution < -0.4 is 0 Å². The standard InChI is InChI=1S/C12H7FN2O3/c13-8-2-1-3-9-10(8)6(4-14-9)11-7(12(16)17)5-15-18-11/h1-5,14H,(H,16,17). The van der Waals surface area contributed by atoms with Gasteiger partial charge in [-0.1, -0.05) is 11.2 Å². The highest BCUT2D eigenvalue weighted by molar-refractivity contribution is 6.01. The molecule has 0 spiro atoms. The summed E-state index contributed by atoms with van der Waals surface area (Å²) in [7, 11) is 0. The molecule has 0 saturated heterocycles. The van der Waals surface area contributed by atoms with Crippen LogP contribution in [-0.4, -0.2) is 21.2 Å². The fraction of sp³-hybridized carbons (Fsp3) is 0. The van der Waals surface area contributed by atoms with Crippen LogP contribution in [0.2, 0.25) is 0 Å². The molecule has 18 heavy (non-hydrogen) atoms. The van der Waals surface area contributed by atoms with E-state index >= 15 is 0 Å². The van der Waals surface area contributed by atoms with Gasteiger partial charge < -0.3 is 14.6 Å². The Morgan fingerprint density at radius 3 is 3.06 bits per heavy atom. The molecule has 2 N–H and O–H groups in total. The molecule has 0 aliphatic heterocycles. The van der Waals surface area contributed by atoms with Crippen LogP contribution in [0.15, 0.2) is 35.1 Å². The van der Waals surface area contributed by atoms with Crippen LogP contribution in [0.4, 0.5) is 4.39 Å². The summed E-state index contributed by atoms with van der Waals surface area (Å²) in [6, 6.07) is 4.56. The van der Waals surface area contributed by atoms with E-state index in [2.05, 4.69) is 10.1 Å². The zero-order valence-electron chi connectivity index (χ0n) is 8.98. The first-order chi connectivity index (χ1) is 8.68.